The number of hydrogen-bond donors (Lipinski definition) is 5. The minimum absolute atomic E-state index is 0.0347. The number of pyridine rings is 3. The number of halogens is 4. The fourth-order valence-corrected chi connectivity index (χ4v) is 7.50. The number of ether oxygens (including phenoxy) is 2. The number of carboxylic acid groups (broad SMARTS) is 1. The number of nitrogens with one attached hydrogen (secondary N) is 4. The van der Waals surface area contributed by atoms with E-state index in [1.165, 1.54) is 7.11 Å². The number of carbonyl (C=O) groups is 2. The topological polar surface area (TPSA) is 160 Å². The summed E-state index contributed by atoms with van der Waals surface area (Å²) >= 11 is 7.05. The van der Waals surface area contributed by atoms with Crippen LogP contribution >= 0.6 is 11.6 Å². The maximum absolute atomic E-state index is 14.5. The van der Waals surface area contributed by atoms with E-state index in [0.29, 0.717) is 73.0 Å². The number of fused-ring (bicyclic) bond motifs is 1. The van der Waals surface area contributed by atoms with E-state index in [0.717, 1.165) is 34.7 Å². The van der Waals surface area contributed by atoms with Gasteiger partial charge in [-0.1, -0.05) is 35.9 Å². The first-order valence-electron chi connectivity index (χ1n) is 17.6. The van der Waals surface area contributed by atoms with Gasteiger partial charge < -0.3 is 30.5 Å². The molecule has 1 amide bonds. The summed E-state index contributed by atoms with van der Waals surface area (Å²) in [5.41, 5.74) is 2.99. The van der Waals surface area contributed by atoms with Crippen molar-refractivity contribution < 1.29 is 37.3 Å². The van der Waals surface area contributed by atoms with E-state index >= 15 is 0 Å². The number of hydrogen-bond acceptors (Lipinski definition) is 10. The lowest BCUT2D eigenvalue weighted by Crippen LogP contribution is -2.38. The lowest BCUT2D eigenvalue weighted by atomic mass is 9.98. The molecule has 0 radical (unpaired) electrons. The van der Waals surface area contributed by atoms with Crippen molar-refractivity contribution in [2.75, 3.05) is 26.1 Å². The Morgan fingerprint density at radius 3 is 2.48 bits per heavy atom. The second-order valence-electron chi connectivity index (χ2n) is 13.7. The van der Waals surface area contributed by atoms with Crippen molar-refractivity contribution in [2.45, 2.75) is 75.4 Å². The summed E-state index contributed by atoms with van der Waals surface area (Å²) in [5, 5.41) is 22.1. The maximum atomic E-state index is 14.5. The fourth-order valence-electron chi connectivity index (χ4n) is 7.19. The van der Waals surface area contributed by atoms with Crippen molar-refractivity contribution in [3.8, 4) is 34.3 Å². The zero-order chi connectivity index (χ0) is 38.2. The smallest absolute Gasteiger partial charge is 0.419 e. The lowest BCUT2D eigenvalue weighted by molar-refractivity contribution is -0.141. The molecular formula is C38H39ClF3N7O5. The number of amides is 1. The minimum Gasteiger partial charge on any atom is -0.481 e. The zero-order valence-corrected chi connectivity index (χ0v) is 30.3. The van der Waals surface area contributed by atoms with Crippen molar-refractivity contribution in [1.82, 2.24) is 30.9 Å². The van der Waals surface area contributed by atoms with Crippen molar-refractivity contribution in [3.63, 3.8) is 0 Å². The van der Waals surface area contributed by atoms with E-state index in [1.807, 2.05) is 30.3 Å². The predicted molar refractivity (Wildman–Crippen MR) is 194 cm³/mol. The second kappa shape index (κ2) is 15.0. The van der Waals surface area contributed by atoms with Gasteiger partial charge in [-0.05, 0) is 61.4 Å². The van der Waals surface area contributed by atoms with Gasteiger partial charge in [-0.2, -0.15) is 18.2 Å². The van der Waals surface area contributed by atoms with Gasteiger partial charge in [0.1, 0.15) is 11.4 Å². The van der Waals surface area contributed by atoms with Gasteiger partial charge in [0.25, 0.3) is 0 Å². The number of rotatable bonds is 14. The van der Waals surface area contributed by atoms with E-state index in [4.69, 9.17) is 26.1 Å². The van der Waals surface area contributed by atoms with Crippen molar-refractivity contribution >= 4 is 29.3 Å². The van der Waals surface area contributed by atoms with E-state index < -0.39 is 29.3 Å². The number of methoxy groups -OCH3 is 2. The highest BCUT2D eigenvalue weighted by atomic mass is 35.5. The Balaban J connectivity index is 1.13. The van der Waals surface area contributed by atoms with Crippen LogP contribution in [0.25, 0.3) is 22.5 Å². The molecule has 7 rings (SSSR count). The molecule has 0 bridgehead atoms. The first-order chi connectivity index (χ1) is 25.9. The van der Waals surface area contributed by atoms with Crippen LogP contribution in [0.2, 0.25) is 5.02 Å². The molecule has 1 aliphatic heterocycles. The number of carboxylic acids is 1. The van der Waals surface area contributed by atoms with Gasteiger partial charge in [0, 0.05) is 60.5 Å². The number of aromatic nitrogens is 3. The van der Waals surface area contributed by atoms with Crippen LogP contribution < -0.4 is 30.7 Å². The highest BCUT2D eigenvalue weighted by Gasteiger charge is 2.50. The third kappa shape index (κ3) is 7.52. The first-order valence-corrected chi connectivity index (χ1v) is 18.0. The highest BCUT2D eigenvalue weighted by Crippen LogP contribution is 2.45. The molecular weight excluding hydrogens is 727 g/mol. The summed E-state index contributed by atoms with van der Waals surface area (Å²) in [6.07, 6.45) is 0.0245. The Bertz CT molecular complexity index is 2100. The van der Waals surface area contributed by atoms with Crippen LogP contribution in [0.15, 0.2) is 48.7 Å². The molecule has 1 saturated heterocycles. The summed E-state index contributed by atoms with van der Waals surface area (Å²) in [4.78, 5) is 36.8. The quantitative estimate of drug-likeness (QED) is 0.101. The van der Waals surface area contributed by atoms with E-state index in [2.05, 4.69) is 31.2 Å². The molecule has 5 N–H and O–H groups in total. The maximum Gasteiger partial charge on any atom is 0.419 e. The number of anilines is 1. The second-order valence-corrected chi connectivity index (χ2v) is 14.1. The van der Waals surface area contributed by atoms with Gasteiger partial charge in [0.2, 0.25) is 17.7 Å². The van der Waals surface area contributed by atoms with Crippen LogP contribution in [0.3, 0.4) is 0 Å². The summed E-state index contributed by atoms with van der Waals surface area (Å²) in [6, 6.07) is 11.7. The zero-order valence-electron chi connectivity index (χ0n) is 29.6. The van der Waals surface area contributed by atoms with Gasteiger partial charge in [0.05, 0.1) is 42.2 Å². The Morgan fingerprint density at radius 1 is 1.02 bits per heavy atom. The molecule has 3 aliphatic rings. The molecule has 1 saturated carbocycles. The van der Waals surface area contributed by atoms with Crippen LogP contribution in [-0.2, 0) is 35.3 Å². The van der Waals surface area contributed by atoms with E-state index in [-0.39, 0.29) is 35.8 Å². The molecule has 2 aliphatic carbocycles. The Morgan fingerprint density at radius 2 is 1.80 bits per heavy atom. The molecule has 284 valence electrons. The minimum atomic E-state index is -4.75. The van der Waals surface area contributed by atoms with Gasteiger partial charge in [-0.15, -0.1) is 0 Å². The molecule has 2 atom stereocenters. The molecule has 16 heteroatoms. The Kier molecular flexibility index (Phi) is 10.4. The molecule has 0 unspecified atom stereocenters. The lowest BCUT2D eigenvalue weighted by Gasteiger charge is -2.22. The van der Waals surface area contributed by atoms with E-state index in [1.54, 1.807) is 19.4 Å². The number of nitrogens with zero attached hydrogens (tertiary/aromatic N) is 3. The average Bonchev–Trinajstić information content (AvgIpc) is 3.68. The Labute approximate surface area is 314 Å². The Hall–Kier alpha value is -4.99. The number of carbonyl (C=O) groups excluding carboxylic acids is 1. The van der Waals surface area contributed by atoms with Crippen LogP contribution in [0.1, 0.15) is 66.0 Å². The van der Waals surface area contributed by atoms with Gasteiger partial charge >= 0.3 is 12.1 Å². The number of benzene rings is 1. The fraction of sp³-hybridized carbons (Fsp3) is 0.395. The predicted octanol–water partition coefficient (Wildman–Crippen LogP) is 6.07. The summed E-state index contributed by atoms with van der Waals surface area (Å²) in [5.74, 6) is -0.970. The van der Waals surface area contributed by atoms with Crippen molar-refractivity contribution in [1.29, 1.82) is 0 Å². The largest absolute Gasteiger partial charge is 0.481 e. The van der Waals surface area contributed by atoms with Crippen LogP contribution in [0.5, 0.6) is 11.8 Å². The number of alkyl halides is 3. The normalized spacial score (nSPS) is 18.6. The summed E-state index contributed by atoms with van der Waals surface area (Å²) < 4.78 is 54.4. The van der Waals surface area contributed by atoms with Crippen LogP contribution in [-0.4, -0.2) is 64.3 Å². The molecule has 12 nitrogen and oxygen atoms in total. The van der Waals surface area contributed by atoms with Gasteiger partial charge in [-0.3, -0.25) is 19.9 Å². The molecule has 0 spiro atoms. The van der Waals surface area contributed by atoms with Crippen LogP contribution in [0.4, 0.5) is 19.0 Å². The third-order valence-corrected chi connectivity index (χ3v) is 10.6. The van der Waals surface area contributed by atoms with Crippen molar-refractivity contribution in [2.24, 2.45) is 0 Å². The molecule has 1 aromatic carbocycles. The number of aliphatic carboxylic acids is 1. The molecule has 4 heterocycles. The summed E-state index contributed by atoms with van der Waals surface area (Å²) in [7, 11) is 2.86. The molecule has 54 heavy (non-hydrogen) atoms. The molecule has 2 fully saturated rings. The average molecular weight is 766 g/mol. The first kappa shape index (κ1) is 37.3. The van der Waals surface area contributed by atoms with Gasteiger partial charge in [0.15, 0.2) is 0 Å². The molecule has 4 aromatic rings. The standard InChI is InChI=1S/C38H39ClF3N7O5/c1-53-34-20(17-43-19-22-7-11-30(50)46-22)6-9-29(48-34)26-12-15-44-32(31(26)39)25-5-3-4-24-23(25)8-10-28(24)47-33-27(38(40,41)42)16-21(35(49-33)54-2)18-45-37(13-14-37)36(51)52/h3-6,9,12,15-16,22,28,43,45H,7-8,10-11,13-14,17-19H2,1-2H3,(H,46,50)(H,47,49)(H,51,52)/t22-,28+/m1/s1. The monoisotopic (exact) mass is 765 g/mol. The van der Waals surface area contributed by atoms with Gasteiger partial charge in [-0.25, -0.2) is 4.98 Å². The summed E-state index contributed by atoms with van der Waals surface area (Å²) in [6.45, 7) is 0.966. The van der Waals surface area contributed by atoms with Crippen LogP contribution in [0, 0.1) is 0 Å². The SMILES string of the molecule is COc1nc(-c2ccnc(-c3cccc4c3CC[C@@H]4Nc3nc(OC)c(CNC4(C(=O)O)CC4)cc3C(F)(F)F)c2Cl)ccc1CNC[C@H]1CCC(=O)N1. The third-order valence-electron chi connectivity index (χ3n) is 10.3. The molecule has 3 aromatic heterocycles. The van der Waals surface area contributed by atoms with Crippen molar-refractivity contribution in [3.05, 3.63) is 81.5 Å². The highest BCUT2D eigenvalue weighted by molar-refractivity contribution is 6.35. The van der Waals surface area contributed by atoms with E-state index in [9.17, 15) is 27.9 Å².